The summed E-state index contributed by atoms with van der Waals surface area (Å²) in [6.45, 7) is 12.3. The van der Waals surface area contributed by atoms with E-state index in [1.54, 1.807) is 7.11 Å². The van der Waals surface area contributed by atoms with E-state index < -0.39 is 0 Å². The topological polar surface area (TPSA) is 21.3 Å². The van der Waals surface area contributed by atoms with Gasteiger partial charge in [0.1, 0.15) is 5.75 Å². The van der Waals surface area contributed by atoms with Crippen molar-refractivity contribution < 1.29 is 4.74 Å². The Bertz CT molecular complexity index is 479. The largest absolute Gasteiger partial charge is 0.496 e. The van der Waals surface area contributed by atoms with Crippen LogP contribution in [-0.2, 0) is 0 Å². The van der Waals surface area contributed by atoms with Gasteiger partial charge in [-0.15, -0.1) is 0 Å². The lowest BCUT2D eigenvalue weighted by molar-refractivity contribution is 0.372. The minimum atomic E-state index is 0.416. The van der Waals surface area contributed by atoms with Gasteiger partial charge in [-0.25, -0.2) is 0 Å². The minimum absolute atomic E-state index is 0.416. The van der Waals surface area contributed by atoms with Gasteiger partial charge in [-0.3, -0.25) is 0 Å². The van der Waals surface area contributed by atoms with Gasteiger partial charge in [-0.1, -0.05) is 32.9 Å². The zero-order chi connectivity index (χ0) is 14.9. The summed E-state index contributed by atoms with van der Waals surface area (Å²) >= 11 is 0. The molecule has 1 aromatic carbocycles. The van der Waals surface area contributed by atoms with E-state index in [2.05, 4.69) is 52.1 Å². The Balaban J connectivity index is 2.36. The highest BCUT2D eigenvalue weighted by Gasteiger charge is 2.50. The van der Waals surface area contributed by atoms with Crippen molar-refractivity contribution in [2.75, 3.05) is 13.7 Å². The van der Waals surface area contributed by atoms with Crippen LogP contribution < -0.4 is 10.1 Å². The van der Waals surface area contributed by atoms with E-state index >= 15 is 0 Å². The zero-order valence-electron chi connectivity index (χ0n) is 13.8. The van der Waals surface area contributed by atoms with E-state index in [1.807, 2.05) is 0 Å². The third-order valence-corrected chi connectivity index (χ3v) is 4.85. The first-order valence-electron chi connectivity index (χ1n) is 7.79. The average molecular weight is 275 g/mol. The number of methoxy groups -OCH3 is 1. The standard InChI is InChI=1S/C18H29NO/c1-7-10-19-16(15-11-18(15,4)5)14-9-8-12(2)13(3)17(14)20-6/h8-9,15-16,19H,7,10-11H2,1-6H3. The van der Waals surface area contributed by atoms with Crippen molar-refractivity contribution in [1.29, 1.82) is 0 Å². The van der Waals surface area contributed by atoms with Gasteiger partial charge in [-0.05, 0) is 55.7 Å². The minimum Gasteiger partial charge on any atom is -0.496 e. The first kappa shape index (κ1) is 15.4. The van der Waals surface area contributed by atoms with E-state index in [0.717, 1.165) is 18.7 Å². The van der Waals surface area contributed by atoms with Crippen molar-refractivity contribution in [3.8, 4) is 5.75 Å². The lowest BCUT2D eigenvalue weighted by atomic mass is 9.93. The molecule has 2 unspecified atom stereocenters. The maximum atomic E-state index is 5.72. The molecular formula is C18H29NO. The van der Waals surface area contributed by atoms with Crippen molar-refractivity contribution in [3.63, 3.8) is 0 Å². The number of nitrogens with one attached hydrogen (secondary N) is 1. The predicted octanol–water partition coefficient (Wildman–Crippen LogP) is 4.40. The Morgan fingerprint density at radius 3 is 2.50 bits per heavy atom. The molecule has 0 saturated heterocycles. The van der Waals surface area contributed by atoms with Gasteiger partial charge in [0.25, 0.3) is 0 Å². The molecule has 2 rings (SSSR count). The molecule has 1 fully saturated rings. The maximum absolute atomic E-state index is 5.72. The highest BCUT2D eigenvalue weighted by atomic mass is 16.5. The van der Waals surface area contributed by atoms with Crippen LogP contribution in [0.1, 0.15) is 56.3 Å². The van der Waals surface area contributed by atoms with Crippen molar-refractivity contribution in [1.82, 2.24) is 5.32 Å². The van der Waals surface area contributed by atoms with Crippen molar-refractivity contribution in [3.05, 3.63) is 28.8 Å². The fourth-order valence-electron chi connectivity index (χ4n) is 3.17. The molecule has 1 saturated carbocycles. The monoisotopic (exact) mass is 275 g/mol. The second kappa shape index (κ2) is 5.77. The Morgan fingerprint density at radius 1 is 1.35 bits per heavy atom. The SMILES string of the molecule is CCCNC(c1ccc(C)c(C)c1OC)C1CC1(C)C. The van der Waals surface area contributed by atoms with Gasteiger partial charge in [0, 0.05) is 11.6 Å². The van der Waals surface area contributed by atoms with Gasteiger partial charge < -0.3 is 10.1 Å². The van der Waals surface area contributed by atoms with E-state index in [4.69, 9.17) is 4.74 Å². The van der Waals surface area contributed by atoms with Crippen LogP contribution in [0.4, 0.5) is 0 Å². The summed E-state index contributed by atoms with van der Waals surface area (Å²) in [5.41, 5.74) is 4.36. The highest BCUT2D eigenvalue weighted by Crippen LogP contribution is 2.58. The Morgan fingerprint density at radius 2 is 2.00 bits per heavy atom. The maximum Gasteiger partial charge on any atom is 0.126 e. The summed E-state index contributed by atoms with van der Waals surface area (Å²) in [6.07, 6.45) is 2.46. The molecule has 0 radical (unpaired) electrons. The van der Waals surface area contributed by atoms with Crippen molar-refractivity contribution in [2.24, 2.45) is 11.3 Å². The van der Waals surface area contributed by atoms with Crippen LogP contribution in [0.3, 0.4) is 0 Å². The van der Waals surface area contributed by atoms with Crippen molar-refractivity contribution >= 4 is 0 Å². The summed E-state index contributed by atoms with van der Waals surface area (Å²) in [5.74, 6) is 1.78. The van der Waals surface area contributed by atoms with Crippen LogP contribution in [0.25, 0.3) is 0 Å². The van der Waals surface area contributed by atoms with E-state index in [0.29, 0.717) is 17.4 Å². The quantitative estimate of drug-likeness (QED) is 0.831. The molecule has 0 heterocycles. The van der Waals surface area contributed by atoms with E-state index in [9.17, 15) is 0 Å². The average Bonchev–Trinajstić information content (AvgIpc) is 3.03. The van der Waals surface area contributed by atoms with Crippen LogP contribution in [0.2, 0.25) is 0 Å². The van der Waals surface area contributed by atoms with E-state index in [1.165, 1.54) is 23.1 Å². The molecule has 0 aromatic heterocycles. The molecule has 1 aliphatic carbocycles. The van der Waals surface area contributed by atoms with Crippen LogP contribution in [0.5, 0.6) is 5.75 Å². The number of benzene rings is 1. The highest BCUT2D eigenvalue weighted by molar-refractivity contribution is 5.47. The molecule has 1 aliphatic rings. The molecule has 2 heteroatoms. The number of ether oxygens (including phenoxy) is 1. The fourth-order valence-corrected chi connectivity index (χ4v) is 3.17. The lowest BCUT2D eigenvalue weighted by Gasteiger charge is -2.24. The number of aryl methyl sites for hydroxylation is 1. The van der Waals surface area contributed by atoms with Gasteiger partial charge in [0.05, 0.1) is 7.11 Å². The first-order chi connectivity index (χ1) is 9.42. The summed E-state index contributed by atoms with van der Waals surface area (Å²) in [4.78, 5) is 0. The van der Waals surface area contributed by atoms with E-state index in [-0.39, 0.29) is 0 Å². The van der Waals surface area contributed by atoms with Crippen LogP contribution in [0.15, 0.2) is 12.1 Å². The molecule has 20 heavy (non-hydrogen) atoms. The Hall–Kier alpha value is -1.02. The molecule has 0 bridgehead atoms. The summed E-state index contributed by atoms with van der Waals surface area (Å²) < 4.78 is 5.72. The van der Waals surface area contributed by atoms with Gasteiger partial charge in [0.2, 0.25) is 0 Å². The fraction of sp³-hybridized carbons (Fsp3) is 0.667. The zero-order valence-corrected chi connectivity index (χ0v) is 13.8. The molecular weight excluding hydrogens is 246 g/mol. The molecule has 0 aliphatic heterocycles. The molecule has 1 aromatic rings. The number of rotatable bonds is 6. The van der Waals surface area contributed by atoms with Crippen LogP contribution >= 0.6 is 0 Å². The molecule has 2 atom stereocenters. The smallest absolute Gasteiger partial charge is 0.126 e. The van der Waals surface area contributed by atoms with Crippen LogP contribution in [-0.4, -0.2) is 13.7 Å². The number of hydrogen-bond donors (Lipinski definition) is 1. The third-order valence-electron chi connectivity index (χ3n) is 4.85. The normalized spacial score (nSPS) is 21.6. The second-order valence-corrected chi connectivity index (χ2v) is 6.86. The molecule has 0 amide bonds. The Labute approximate surface area is 123 Å². The number of hydrogen-bond acceptors (Lipinski definition) is 2. The Kier molecular flexibility index (Phi) is 4.43. The first-order valence-corrected chi connectivity index (χ1v) is 7.79. The molecule has 2 nitrogen and oxygen atoms in total. The molecule has 0 spiro atoms. The van der Waals surface area contributed by atoms with Crippen molar-refractivity contribution in [2.45, 2.75) is 53.5 Å². The molecule has 112 valence electrons. The summed E-state index contributed by atoms with van der Waals surface area (Å²) in [5, 5.41) is 3.74. The van der Waals surface area contributed by atoms with Gasteiger partial charge >= 0.3 is 0 Å². The summed E-state index contributed by atoms with van der Waals surface area (Å²) in [7, 11) is 1.79. The lowest BCUT2D eigenvalue weighted by Crippen LogP contribution is -2.26. The predicted molar refractivity (Wildman–Crippen MR) is 85.4 cm³/mol. The second-order valence-electron chi connectivity index (χ2n) is 6.86. The molecule has 1 N–H and O–H groups in total. The summed E-state index contributed by atoms with van der Waals surface area (Å²) in [6, 6.07) is 4.89. The third kappa shape index (κ3) is 2.85. The van der Waals surface area contributed by atoms with Gasteiger partial charge in [0.15, 0.2) is 0 Å². The van der Waals surface area contributed by atoms with Gasteiger partial charge in [-0.2, -0.15) is 0 Å². The van der Waals surface area contributed by atoms with Crippen LogP contribution in [0, 0.1) is 25.2 Å².